The number of nitro groups is 1. The lowest BCUT2D eigenvalue weighted by Crippen LogP contribution is -2.11. The van der Waals surface area contributed by atoms with Crippen LogP contribution in [0.25, 0.3) is 0 Å². The van der Waals surface area contributed by atoms with Crippen molar-refractivity contribution in [2.45, 2.75) is 32.4 Å². The van der Waals surface area contributed by atoms with Crippen LogP contribution in [0.15, 0.2) is 16.7 Å². The first kappa shape index (κ1) is 19.0. The van der Waals surface area contributed by atoms with Gasteiger partial charge < -0.3 is 9.84 Å². The quantitative estimate of drug-likeness (QED) is 0.590. The van der Waals surface area contributed by atoms with Gasteiger partial charge in [-0.3, -0.25) is 10.1 Å². The number of halogens is 4. The molecule has 1 heterocycles. The van der Waals surface area contributed by atoms with Crippen LogP contribution < -0.4 is 5.32 Å². The number of hydrogen-bond donors (Lipinski definition) is 1. The summed E-state index contributed by atoms with van der Waals surface area (Å²) < 4.78 is 43.4. The van der Waals surface area contributed by atoms with Gasteiger partial charge >= 0.3 is 6.18 Å². The molecular formula is C14H14ClF3N4O3. The second-order valence-corrected chi connectivity index (χ2v) is 5.89. The Kier molecular flexibility index (Phi) is 5.51. The SMILES string of the molecule is CC(C)c1noc(CCNc2cc(Cl)c(C(F)(F)F)cc2[N+](=O)[O-])n1. The van der Waals surface area contributed by atoms with E-state index in [4.69, 9.17) is 16.1 Å². The maximum atomic E-state index is 12.8. The highest BCUT2D eigenvalue weighted by atomic mass is 35.5. The average molecular weight is 379 g/mol. The van der Waals surface area contributed by atoms with E-state index in [2.05, 4.69) is 15.5 Å². The topological polar surface area (TPSA) is 94.1 Å². The summed E-state index contributed by atoms with van der Waals surface area (Å²) in [7, 11) is 0. The Bertz CT molecular complexity index is 777. The molecule has 0 radical (unpaired) electrons. The van der Waals surface area contributed by atoms with Crippen molar-refractivity contribution in [3.8, 4) is 0 Å². The summed E-state index contributed by atoms with van der Waals surface area (Å²) >= 11 is 5.60. The first-order chi connectivity index (χ1) is 11.6. The molecule has 25 heavy (non-hydrogen) atoms. The van der Waals surface area contributed by atoms with Crippen LogP contribution in [0.5, 0.6) is 0 Å². The molecular weight excluding hydrogens is 365 g/mol. The number of rotatable bonds is 6. The van der Waals surface area contributed by atoms with E-state index in [9.17, 15) is 23.3 Å². The van der Waals surface area contributed by atoms with Gasteiger partial charge in [-0.05, 0) is 6.07 Å². The Morgan fingerprint density at radius 1 is 1.40 bits per heavy atom. The lowest BCUT2D eigenvalue weighted by Gasteiger charge is -2.12. The minimum atomic E-state index is -4.78. The van der Waals surface area contributed by atoms with Crippen molar-refractivity contribution >= 4 is 23.0 Å². The van der Waals surface area contributed by atoms with E-state index >= 15 is 0 Å². The summed E-state index contributed by atoms with van der Waals surface area (Å²) in [5.74, 6) is 0.927. The zero-order chi connectivity index (χ0) is 18.8. The molecule has 0 saturated carbocycles. The van der Waals surface area contributed by atoms with Crippen molar-refractivity contribution in [2.24, 2.45) is 0 Å². The van der Waals surface area contributed by atoms with Gasteiger partial charge in [0.05, 0.1) is 15.5 Å². The molecule has 7 nitrogen and oxygen atoms in total. The van der Waals surface area contributed by atoms with Crippen molar-refractivity contribution in [2.75, 3.05) is 11.9 Å². The highest BCUT2D eigenvalue weighted by Crippen LogP contribution is 2.40. The normalized spacial score (nSPS) is 11.8. The third-order valence-electron chi connectivity index (χ3n) is 3.24. The van der Waals surface area contributed by atoms with Gasteiger partial charge in [-0.2, -0.15) is 18.2 Å². The zero-order valence-electron chi connectivity index (χ0n) is 13.2. The summed E-state index contributed by atoms with van der Waals surface area (Å²) in [6.45, 7) is 3.92. The Morgan fingerprint density at radius 2 is 2.08 bits per heavy atom. The van der Waals surface area contributed by atoms with Gasteiger partial charge in [-0.1, -0.05) is 30.6 Å². The number of anilines is 1. The molecule has 0 aliphatic carbocycles. The second-order valence-electron chi connectivity index (χ2n) is 5.48. The molecule has 11 heteroatoms. The molecule has 0 fully saturated rings. The van der Waals surface area contributed by atoms with Gasteiger partial charge in [0.2, 0.25) is 5.89 Å². The number of nitrogens with one attached hydrogen (secondary N) is 1. The molecule has 1 N–H and O–H groups in total. The lowest BCUT2D eigenvalue weighted by molar-refractivity contribution is -0.384. The summed E-state index contributed by atoms with van der Waals surface area (Å²) in [5.41, 5.74) is -2.10. The molecule has 136 valence electrons. The molecule has 2 aromatic rings. The predicted octanol–water partition coefficient (Wildman–Crippen LogP) is 4.43. The molecule has 0 amide bonds. The van der Waals surface area contributed by atoms with Gasteiger partial charge in [-0.15, -0.1) is 0 Å². The highest BCUT2D eigenvalue weighted by molar-refractivity contribution is 6.31. The van der Waals surface area contributed by atoms with Crippen LogP contribution in [0.3, 0.4) is 0 Å². The number of alkyl halides is 3. The molecule has 0 spiro atoms. The van der Waals surface area contributed by atoms with E-state index in [1.54, 1.807) is 0 Å². The van der Waals surface area contributed by atoms with Crippen molar-refractivity contribution in [1.29, 1.82) is 0 Å². The molecule has 0 aliphatic rings. The number of benzene rings is 1. The lowest BCUT2D eigenvalue weighted by atomic mass is 10.1. The van der Waals surface area contributed by atoms with Crippen LogP contribution in [-0.4, -0.2) is 21.6 Å². The fourth-order valence-electron chi connectivity index (χ4n) is 1.98. The molecule has 0 aliphatic heterocycles. The van der Waals surface area contributed by atoms with Crippen LogP contribution in [0.1, 0.15) is 37.0 Å². The molecule has 2 rings (SSSR count). The van der Waals surface area contributed by atoms with Crippen molar-refractivity contribution < 1.29 is 22.6 Å². The molecule has 1 aromatic carbocycles. The zero-order valence-corrected chi connectivity index (χ0v) is 14.0. The van der Waals surface area contributed by atoms with Crippen LogP contribution in [0.2, 0.25) is 5.02 Å². The first-order valence-corrected chi connectivity index (χ1v) is 7.59. The highest BCUT2D eigenvalue weighted by Gasteiger charge is 2.36. The molecule has 0 saturated heterocycles. The third-order valence-corrected chi connectivity index (χ3v) is 3.55. The van der Waals surface area contributed by atoms with Gasteiger partial charge in [0.15, 0.2) is 5.82 Å². The Balaban J connectivity index is 2.15. The van der Waals surface area contributed by atoms with Gasteiger partial charge in [0.1, 0.15) is 5.69 Å². The molecule has 0 bridgehead atoms. The van der Waals surface area contributed by atoms with Crippen LogP contribution in [0, 0.1) is 10.1 Å². The van der Waals surface area contributed by atoms with Crippen molar-refractivity contribution in [3.05, 3.63) is 44.5 Å². The smallest absolute Gasteiger partial charge is 0.379 e. The van der Waals surface area contributed by atoms with Crippen molar-refractivity contribution in [3.63, 3.8) is 0 Å². The van der Waals surface area contributed by atoms with Crippen molar-refractivity contribution in [1.82, 2.24) is 10.1 Å². The minimum Gasteiger partial charge on any atom is -0.379 e. The Hall–Kier alpha value is -2.36. The summed E-state index contributed by atoms with van der Waals surface area (Å²) in [5, 5.41) is 16.9. The Labute approximate surface area is 145 Å². The van der Waals surface area contributed by atoms with Crippen LogP contribution in [-0.2, 0) is 12.6 Å². The monoisotopic (exact) mass is 378 g/mol. The standard InChI is InChI=1S/C14H14ClF3N4O3/c1-7(2)13-20-12(25-21-13)3-4-19-10-6-9(15)8(14(16,17)18)5-11(10)22(23)24/h5-7,19H,3-4H2,1-2H3. The number of nitrogens with zero attached hydrogens (tertiary/aromatic N) is 3. The summed E-state index contributed by atoms with van der Waals surface area (Å²) in [6, 6.07) is 1.30. The molecule has 1 aromatic heterocycles. The largest absolute Gasteiger partial charge is 0.418 e. The van der Waals surface area contributed by atoms with E-state index in [0.717, 1.165) is 6.07 Å². The molecule has 0 atom stereocenters. The first-order valence-electron chi connectivity index (χ1n) is 7.21. The van der Waals surface area contributed by atoms with Gasteiger partial charge in [-0.25, -0.2) is 0 Å². The van der Waals surface area contributed by atoms with Crippen LogP contribution in [0.4, 0.5) is 24.5 Å². The van der Waals surface area contributed by atoms with Crippen LogP contribution >= 0.6 is 11.6 Å². The van der Waals surface area contributed by atoms with Gasteiger partial charge in [0, 0.05) is 24.9 Å². The molecule has 0 unspecified atom stereocenters. The maximum Gasteiger partial charge on any atom is 0.418 e. The number of nitro benzene ring substituents is 1. The van der Waals surface area contributed by atoms with E-state index in [0.29, 0.717) is 17.8 Å². The number of aromatic nitrogens is 2. The van der Waals surface area contributed by atoms with Gasteiger partial charge in [0.25, 0.3) is 5.69 Å². The fraction of sp³-hybridized carbons (Fsp3) is 0.429. The Morgan fingerprint density at radius 3 is 2.60 bits per heavy atom. The van der Waals surface area contributed by atoms with E-state index < -0.39 is 27.4 Å². The summed E-state index contributed by atoms with van der Waals surface area (Å²) in [4.78, 5) is 14.3. The fourth-order valence-corrected chi connectivity index (χ4v) is 2.25. The summed E-state index contributed by atoms with van der Waals surface area (Å²) in [6.07, 6.45) is -4.53. The van der Waals surface area contributed by atoms with E-state index in [-0.39, 0.29) is 24.6 Å². The van der Waals surface area contributed by atoms with E-state index in [1.807, 2.05) is 13.8 Å². The maximum absolute atomic E-state index is 12.8. The third kappa shape index (κ3) is 4.59. The average Bonchev–Trinajstić information content (AvgIpc) is 2.94. The second kappa shape index (κ2) is 7.26. The van der Waals surface area contributed by atoms with E-state index in [1.165, 1.54) is 0 Å². The minimum absolute atomic E-state index is 0.0836. The number of hydrogen-bond acceptors (Lipinski definition) is 6. The predicted molar refractivity (Wildman–Crippen MR) is 83.7 cm³/mol.